The maximum absolute atomic E-state index is 12.1. The van der Waals surface area contributed by atoms with Crippen molar-refractivity contribution >= 4 is 17.3 Å². The lowest BCUT2D eigenvalue weighted by Crippen LogP contribution is -2.23. The number of Topliss-reactive ketones (excluding diaryl/α,β-unsaturated/α-hetero) is 2. The summed E-state index contributed by atoms with van der Waals surface area (Å²) in [5.41, 5.74) is 0.997. The molecule has 0 unspecified atom stereocenters. The first kappa shape index (κ1) is 15.2. The van der Waals surface area contributed by atoms with Crippen molar-refractivity contribution in [1.29, 1.82) is 0 Å². The molecule has 0 fully saturated rings. The van der Waals surface area contributed by atoms with Gasteiger partial charge in [-0.2, -0.15) is 0 Å². The molecule has 0 atom stereocenters. The minimum absolute atomic E-state index is 0.0904. The Morgan fingerprint density at radius 1 is 1.05 bits per heavy atom. The Balaban J connectivity index is 2.28. The second-order valence-electron chi connectivity index (χ2n) is 6.47. The average Bonchev–Trinajstić information content (AvgIpc) is 2.43. The largest absolute Gasteiger partial charge is 0.507 e. The van der Waals surface area contributed by atoms with Crippen LogP contribution in [0.1, 0.15) is 49.5 Å². The first-order chi connectivity index (χ1) is 9.81. The minimum atomic E-state index is -0.641. The van der Waals surface area contributed by atoms with Crippen molar-refractivity contribution < 1.29 is 14.7 Å². The van der Waals surface area contributed by atoms with Crippen molar-refractivity contribution in [3.63, 3.8) is 0 Å². The van der Waals surface area contributed by atoms with Crippen molar-refractivity contribution in [2.75, 3.05) is 0 Å². The Hall–Kier alpha value is -2.16. The van der Waals surface area contributed by atoms with Gasteiger partial charge < -0.3 is 5.11 Å². The van der Waals surface area contributed by atoms with Gasteiger partial charge in [0.05, 0.1) is 5.57 Å². The van der Waals surface area contributed by atoms with Gasteiger partial charge in [0, 0.05) is 11.1 Å². The fourth-order valence-corrected chi connectivity index (χ4v) is 2.26. The topological polar surface area (TPSA) is 54.4 Å². The van der Waals surface area contributed by atoms with Crippen LogP contribution in [0.25, 0.3) is 5.76 Å². The lowest BCUT2D eigenvalue weighted by atomic mass is 9.87. The molecule has 1 N–H and O–H groups in total. The summed E-state index contributed by atoms with van der Waals surface area (Å²) in [4.78, 5) is 24.1. The zero-order valence-corrected chi connectivity index (χ0v) is 12.6. The van der Waals surface area contributed by atoms with Crippen LogP contribution in [0.15, 0.2) is 42.0 Å². The number of fused-ring (bicyclic) bond motifs is 1. The summed E-state index contributed by atoms with van der Waals surface area (Å²) in [5.74, 6) is -1.31. The molecule has 1 aromatic rings. The smallest absolute Gasteiger partial charge is 0.237 e. The van der Waals surface area contributed by atoms with Crippen LogP contribution in [0.2, 0.25) is 0 Å². The molecule has 0 radical (unpaired) electrons. The van der Waals surface area contributed by atoms with Gasteiger partial charge in [0.15, 0.2) is 0 Å². The summed E-state index contributed by atoms with van der Waals surface area (Å²) in [6, 6.07) is 6.63. The van der Waals surface area contributed by atoms with Crippen LogP contribution >= 0.6 is 0 Å². The van der Waals surface area contributed by atoms with E-state index >= 15 is 0 Å². The first-order valence-electron chi connectivity index (χ1n) is 7.09. The van der Waals surface area contributed by atoms with Crippen molar-refractivity contribution in [2.45, 2.75) is 33.6 Å². The normalized spacial score (nSPS) is 15.8. The number of aliphatic hydroxyl groups is 1. The van der Waals surface area contributed by atoms with Crippen molar-refractivity contribution in [2.24, 2.45) is 5.41 Å². The number of allylic oxidation sites excluding steroid dienone is 3. The van der Waals surface area contributed by atoms with Crippen molar-refractivity contribution in [1.82, 2.24) is 0 Å². The van der Waals surface area contributed by atoms with E-state index in [4.69, 9.17) is 0 Å². The lowest BCUT2D eigenvalue weighted by molar-refractivity contribution is -0.111. The van der Waals surface area contributed by atoms with E-state index in [1.807, 2.05) is 6.08 Å². The van der Waals surface area contributed by atoms with Crippen LogP contribution in [0, 0.1) is 5.41 Å². The molecule has 1 aromatic carbocycles. The summed E-state index contributed by atoms with van der Waals surface area (Å²) in [5, 5.41) is 10.2. The van der Waals surface area contributed by atoms with E-state index < -0.39 is 11.6 Å². The minimum Gasteiger partial charge on any atom is -0.507 e. The second kappa shape index (κ2) is 5.68. The molecule has 21 heavy (non-hydrogen) atoms. The molecule has 0 bridgehead atoms. The van der Waals surface area contributed by atoms with Gasteiger partial charge in [-0.1, -0.05) is 57.2 Å². The van der Waals surface area contributed by atoms with Gasteiger partial charge in [0.1, 0.15) is 5.76 Å². The number of aliphatic hydroxyl groups excluding tert-OH is 1. The Bertz CT molecular complexity index is 643. The van der Waals surface area contributed by atoms with Crippen LogP contribution in [0.4, 0.5) is 0 Å². The molecule has 0 aromatic heterocycles. The molecular weight excluding hydrogens is 264 g/mol. The number of hydrogen-bond donors (Lipinski definition) is 1. The molecule has 0 saturated carbocycles. The molecule has 1 aliphatic rings. The SMILES string of the molecule is CC(C)(C)CCC=CC1=C(O)c2ccccc2C(=O)C1=O. The Kier molecular flexibility index (Phi) is 4.12. The van der Waals surface area contributed by atoms with Gasteiger partial charge in [-0.15, -0.1) is 0 Å². The van der Waals surface area contributed by atoms with E-state index in [1.165, 1.54) is 0 Å². The van der Waals surface area contributed by atoms with Crippen LogP contribution in [0.3, 0.4) is 0 Å². The number of carbonyl (C=O) groups excluding carboxylic acids is 2. The standard InChI is InChI=1S/C18H20O3/c1-18(2,3)11-7-6-10-14-15(19)12-8-4-5-9-13(12)16(20)17(14)21/h4-6,8-10,19H,7,11H2,1-3H3. The third-order valence-electron chi connectivity index (χ3n) is 3.48. The highest BCUT2D eigenvalue weighted by Crippen LogP contribution is 2.28. The predicted octanol–water partition coefficient (Wildman–Crippen LogP) is 4.10. The molecule has 2 rings (SSSR count). The van der Waals surface area contributed by atoms with Crippen LogP contribution in [-0.4, -0.2) is 16.7 Å². The van der Waals surface area contributed by atoms with E-state index in [9.17, 15) is 14.7 Å². The molecule has 0 aliphatic heterocycles. The van der Waals surface area contributed by atoms with Crippen LogP contribution < -0.4 is 0 Å². The van der Waals surface area contributed by atoms with E-state index in [1.54, 1.807) is 30.3 Å². The number of rotatable bonds is 3. The molecule has 3 heteroatoms. The zero-order chi connectivity index (χ0) is 15.6. The van der Waals surface area contributed by atoms with Gasteiger partial charge in [0.25, 0.3) is 0 Å². The monoisotopic (exact) mass is 284 g/mol. The number of benzene rings is 1. The molecule has 3 nitrogen and oxygen atoms in total. The van der Waals surface area contributed by atoms with Gasteiger partial charge in [-0.3, -0.25) is 9.59 Å². The predicted molar refractivity (Wildman–Crippen MR) is 83.2 cm³/mol. The average molecular weight is 284 g/mol. The summed E-state index contributed by atoms with van der Waals surface area (Å²) in [6.07, 6.45) is 5.17. The van der Waals surface area contributed by atoms with Gasteiger partial charge in [-0.05, 0) is 18.3 Å². The van der Waals surface area contributed by atoms with Gasteiger partial charge in [0.2, 0.25) is 11.6 Å². The van der Waals surface area contributed by atoms with E-state index in [-0.39, 0.29) is 22.3 Å². The quantitative estimate of drug-likeness (QED) is 0.850. The van der Waals surface area contributed by atoms with E-state index in [0.717, 1.165) is 12.8 Å². The van der Waals surface area contributed by atoms with E-state index in [0.29, 0.717) is 5.56 Å². The Morgan fingerprint density at radius 3 is 2.29 bits per heavy atom. The third-order valence-corrected chi connectivity index (χ3v) is 3.48. The number of carbonyl (C=O) groups is 2. The molecule has 0 amide bonds. The molecule has 0 saturated heterocycles. The van der Waals surface area contributed by atoms with Crippen molar-refractivity contribution in [3.05, 3.63) is 53.1 Å². The molecule has 110 valence electrons. The number of hydrogen-bond acceptors (Lipinski definition) is 3. The molecule has 1 aliphatic carbocycles. The summed E-state index contributed by atoms with van der Waals surface area (Å²) in [6.45, 7) is 6.43. The highest BCUT2D eigenvalue weighted by Gasteiger charge is 2.31. The van der Waals surface area contributed by atoms with Gasteiger partial charge >= 0.3 is 0 Å². The molecule has 0 spiro atoms. The van der Waals surface area contributed by atoms with Crippen LogP contribution in [0.5, 0.6) is 0 Å². The molecular formula is C18H20O3. The second-order valence-corrected chi connectivity index (χ2v) is 6.47. The van der Waals surface area contributed by atoms with E-state index in [2.05, 4.69) is 20.8 Å². The van der Waals surface area contributed by atoms with Crippen LogP contribution in [-0.2, 0) is 4.79 Å². The Labute approximate surface area is 125 Å². The number of ketones is 2. The third kappa shape index (κ3) is 3.30. The fraction of sp³-hybridized carbons (Fsp3) is 0.333. The fourth-order valence-electron chi connectivity index (χ4n) is 2.26. The summed E-state index contributed by atoms with van der Waals surface area (Å²) < 4.78 is 0. The maximum Gasteiger partial charge on any atom is 0.237 e. The maximum atomic E-state index is 12.1. The highest BCUT2D eigenvalue weighted by molar-refractivity contribution is 6.52. The Morgan fingerprint density at radius 2 is 1.67 bits per heavy atom. The lowest BCUT2D eigenvalue weighted by Gasteiger charge is -2.17. The summed E-state index contributed by atoms with van der Waals surface area (Å²) >= 11 is 0. The van der Waals surface area contributed by atoms with Gasteiger partial charge in [-0.25, -0.2) is 0 Å². The summed E-state index contributed by atoms with van der Waals surface area (Å²) in [7, 11) is 0. The van der Waals surface area contributed by atoms with Crippen molar-refractivity contribution in [3.8, 4) is 0 Å². The first-order valence-corrected chi connectivity index (χ1v) is 7.09. The molecule has 0 heterocycles. The zero-order valence-electron chi connectivity index (χ0n) is 12.6. The highest BCUT2D eigenvalue weighted by atomic mass is 16.3.